The van der Waals surface area contributed by atoms with E-state index in [4.69, 9.17) is 16.3 Å². The van der Waals surface area contributed by atoms with Crippen LogP contribution in [-0.4, -0.2) is 24.7 Å². The molecular formula is C14H18ClF3N2O. The zero-order valence-electron chi connectivity index (χ0n) is 11.5. The fraction of sp³-hybridized carbons (Fsp3) is 0.643. The molecule has 0 spiro atoms. The molecule has 0 aliphatic carbocycles. The molecule has 1 N–H and O–H groups in total. The van der Waals surface area contributed by atoms with Gasteiger partial charge in [-0.25, -0.2) is 4.98 Å². The van der Waals surface area contributed by atoms with Crippen molar-refractivity contribution in [2.75, 3.05) is 19.7 Å². The molecule has 0 radical (unpaired) electrons. The maximum absolute atomic E-state index is 12.5. The molecule has 7 heteroatoms. The van der Waals surface area contributed by atoms with Crippen LogP contribution >= 0.6 is 11.6 Å². The summed E-state index contributed by atoms with van der Waals surface area (Å²) in [5.74, 6) is 0.713. The maximum Gasteiger partial charge on any atom is 0.417 e. The number of rotatable bonds is 5. The van der Waals surface area contributed by atoms with Crippen molar-refractivity contribution in [1.82, 2.24) is 10.3 Å². The number of hydrogen-bond acceptors (Lipinski definition) is 3. The minimum atomic E-state index is -4.44. The first kappa shape index (κ1) is 16.4. The molecule has 1 aromatic rings. The molecule has 2 heterocycles. The summed E-state index contributed by atoms with van der Waals surface area (Å²) >= 11 is 5.77. The van der Waals surface area contributed by atoms with Gasteiger partial charge in [0, 0.05) is 6.20 Å². The Balaban J connectivity index is 1.78. The van der Waals surface area contributed by atoms with E-state index in [1.165, 1.54) is 12.8 Å². The van der Waals surface area contributed by atoms with Gasteiger partial charge in [-0.3, -0.25) is 0 Å². The summed E-state index contributed by atoms with van der Waals surface area (Å²) in [6.45, 7) is 2.52. The molecule has 1 unspecified atom stereocenters. The van der Waals surface area contributed by atoms with Gasteiger partial charge in [0.1, 0.15) is 5.02 Å². The Hall–Kier alpha value is -1.01. The van der Waals surface area contributed by atoms with Crippen LogP contribution in [-0.2, 0) is 6.18 Å². The summed E-state index contributed by atoms with van der Waals surface area (Å²) in [4.78, 5) is 3.64. The summed E-state index contributed by atoms with van der Waals surface area (Å²) in [5.41, 5.74) is -0.867. The van der Waals surface area contributed by atoms with Gasteiger partial charge < -0.3 is 10.1 Å². The highest BCUT2D eigenvalue weighted by atomic mass is 35.5. The standard InChI is InChI=1S/C14H18ClF3N2O/c15-12-7-11(14(16,17)18)9-20-13(12)21-6-2-4-10-3-1-5-19-8-10/h7,9-10,19H,1-6,8H2. The highest BCUT2D eigenvalue weighted by molar-refractivity contribution is 6.31. The van der Waals surface area contributed by atoms with Crippen molar-refractivity contribution in [1.29, 1.82) is 0 Å². The van der Waals surface area contributed by atoms with E-state index in [2.05, 4.69) is 10.3 Å². The highest BCUT2D eigenvalue weighted by Gasteiger charge is 2.31. The number of pyridine rings is 1. The first-order chi connectivity index (χ1) is 9.97. The van der Waals surface area contributed by atoms with Crippen LogP contribution in [0.3, 0.4) is 0 Å². The van der Waals surface area contributed by atoms with Crippen molar-refractivity contribution in [2.45, 2.75) is 31.9 Å². The number of halogens is 4. The van der Waals surface area contributed by atoms with E-state index in [1.54, 1.807) is 0 Å². The summed E-state index contributed by atoms with van der Waals surface area (Å²) in [6, 6.07) is 0.842. The van der Waals surface area contributed by atoms with E-state index in [-0.39, 0.29) is 10.9 Å². The van der Waals surface area contributed by atoms with Gasteiger partial charge in [-0.15, -0.1) is 0 Å². The number of piperidine rings is 1. The molecule has 1 fully saturated rings. The highest BCUT2D eigenvalue weighted by Crippen LogP contribution is 2.33. The van der Waals surface area contributed by atoms with Gasteiger partial charge in [-0.2, -0.15) is 13.2 Å². The van der Waals surface area contributed by atoms with Crippen LogP contribution in [0.5, 0.6) is 5.88 Å². The lowest BCUT2D eigenvalue weighted by molar-refractivity contribution is -0.137. The van der Waals surface area contributed by atoms with Crippen molar-refractivity contribution in [3.8, 4) is 5.88 Å². The Morgan fingerprint density at radius 2 is 2.24 bits per heavy atom. The average Bonchev–Trinajstić information content (AvgIpc) is 2.45. The van der Waals surface area contributed by atoms with Gasteiger partial charge in [0.15, 0.2) is 0 Å². The Labute approximate surface area is 126 Å². The monoisotopic (exact) mass is 322 g/mol. The van der Waals surface area contributed by atoms with Crippen LogP contribution in [0.25, 0.3) is 0 Å². The molecule has 0 saturated carbocycles. The first-order valence-corrected chi connectivity index (χ1v) is 7.41. The maximum atomic E-state index is 12.5. The third-order valence-corrected chi connectivity index (χ3v) is 3.80. The normalized spacial score (nSPS) is 19.5. The largest absolute Gasteiger partial charge is 0.477 e. The third kappa shape index (κ3) is 5.04. The molecule has 1 saturated heterocycles. The minimum Gasteiger partial charge on any atom is -0.477 e. The lowest BCUT2D eigenvalue weighted by Gasteiger charge is -2.22. The van der Waals surface area contributed by atoms with E-state index < -0.39 is 11.7 Å². The van der Waals surface area contributed by atoms with Gasteiger partial charge in [-0.05, 0) is 50.8 Å². The summed E-state index contributed by atoms with van der Waals surface area (Å²) in [5, 5.41) is 3.23. The second kappa shape index (κ2) is 7.31. The molecule has 3 nitrogen and oxygen atoms in total. The van der Waals surface area contributed by atoms with Gasteiger partial charge in [0.2, 0.25) is 5.88 Å². The van der Waals surface area contributed by atoms with Crippen molar-refractivity contribution in [3.63, 3.8) is 0 Å². The number of ether oxygens (including phenoxy) is 1. The summed E-state index contributed by atoms with van der Waals surface area (Å²) in [6.07, 6.45) is 0.580. The fourth-order valence-electron chi connectivity index (χ4n) is 2.40. The fourth-order valence-corrected chi connectivity index (χ4v) is 2.62. The molecule has 1 aliphatic rings. The number of aromatic nitrogens is 1. The molecule has 1 atom stereocenters. The van der Waals surface area contributed by atoms with Crippen LogP contribution in [0.2, 0.25) is 5.02 Å². The van der Waals surface area contributed by atoms with Gasteiger partial charge >= 0.3 is 6.18 Å². The van der Waals surface area contributed by atoms with Gasteiger partial charge in [0.25, 0.3) is 0 Å². The molecule has 1 aromatic heterocycles. The predicted octanol–water partition coefficient (Wildman–Crippen LogP) is 3.91. The van der Waals surface area contributed by atoms with Crippen LogP contribution in [0, 0.1) is 5.92 Å². The Morgan fingerprint density at radius 1 is 1.43 bits per heavy atom. The van der Waals surface area contributed by atoms with Crippen molar-refractivity contribution >= 4 is 11.6 Å². The smallest absolute Gasteiger partial charge is 0.417 e. The quantitative estimate of drug-likeness (QED) is 0.835. The topological polar surface area (TPSA) is 34.1 Å². The Kier molecular flexibility index (Phi) is 5.70. The van der Waals surface area contributed by atoms with E-state index in [0.29, 0.717) is 12.5 Å². The van der Waals surface area contributed by atoms with E-state index in [1.807, 2.05) is 0 Å². The lowest BCUT2D eigenvalue weighted by atomic mass is 9.95. The molecule has 0 amide bonds. The molecule has 0 bridgehead atoms. The van der Waals surface area contributed by atoms with Crippen molar-refractivity contribution < 1.29 is 17.9 Å². The second-order valence-corrected chi connectivity index (χ2v) is 5.62. The Bertz CT molecular complexity index is 462. The third-order valence-electron chi connectivity index (χ3n) is 3.53. The number of nitrogens with one attached hydrogen (secondary N) is 1. The number of hydrogen-bond donors (Lipinski definition) is 1. The first-order valence-electron chi connectivity index (χ1n) is 7.03. The molecular weight excluding hydrogens is 305 g/mol. The van der Waals surface area contributed by atoms with Gasteiger partial charge in [0.05, 0.1) is 12.2 Å². The number of alkyl halides is 3. The number of nitrogens with zero attached hydrogens (tertiary/aromatic N) is 1. The Morgan fingerprint density at radius 3 is 2.86 bits per heavy atom. The zero-order chi connectivity index (χ0) is 15.3. The summed E-state index contributed by atoms with van der Waals surface area (Å²) in [7, 11) is 0. The van der Waals surface area contributed by atoms with Crippen LogP contribution in [0.1, 0.15) is 31.2 Å². The van der Waals surface area contributed by atoms with Crippen molar-refractivity contribution in [2.24, 2.45) is 5.92 Å². The van der Waals surface area contributed by atoms with Crippen LogP contribution < -0.4 is 10.1 Å². The SMILES string of the molecule is FC(F)(F)c1cnc(OCCCC2CCCNC2)c(Cl)c1. The van der Waals surface area contributed by atoms with Crippen LogP contribution in [0.15, 0.2) is 12.3 Å². The molecule has 118 valence electrons. The van der Waals surface area contributed by atoms with E-state index in [0.717, 1.165) is 38.2 Å². The molecule has 1 aliphatic heterocycles. The predicted molar refractivity (Wildman–Crippen MR) is 74.6 cm³/mol. The molecule has 0 aromatic carbocycles. The molecule has 2 rings (SSSR count). The summed E-state index contributed by atoms with van der Waals surface area (Å²) < 4.78 is 42.8. The van der Waals surface area contributed by atoms with E-state index in [9.17, 15) is 13.2 Å². The second-order valence-electron chi connectivity index (χ2n) is 5.21. The van der Waals surface area contributed by atoms with Crippen molar-refractivity contribution in [3.05, 3.63) is 22.8 Å². The zero-order valence-corrected chi connectivity index (χ0v) is 12.3. The van der Waals surface area contributed by atoms with E-state index >= 15 is 0 Å². The lowest BCUT2D eigenvalue weighted by Crippen LogP contribution is -2.29. The van der Waals surface area contributed by atoms with Crippen LogP contribution in [0.4, 0.5) is 13.2 Å². The minimum absolute atomic E-state index is 0.0615. The molecule has 21 heavy (non-hydrogen) atoms. The van der Waals surface area contributed by atoms with Gasteiger partial charge in [-0.1, -0.05) is 11.6 Å². The average molecular weight is 323 g/mol.